The van der Waals surface area contributed by atoms with Crippen molar-refractivity contribution in [3.63, 3.8) is 0 Å². The van der Waals surface area contributed by atoms with E-state index in [1.54, 1.807) is 13.0 Å². The number of ether oxygens (including phenoxy) is 1. The number of aliphatic hydroxyl groups is 4. The van der Waals surface area contributed by atoms with Crippen LogP contribution in [-0.2, 0) is 4.74 Å². The lowest BCUT2D eigenvalue weighted by atomic mass is 9.53. The van der Waals surface area contributed by atoms with Crippen LogP contribution in [0, 0.1) is 17.3 Å². The summed E-state index contributed by atoms with van der Waals surface area (Å²) in [6.07, 6.45) is 8.44. The zero-order valence-electron chi connectivity index (χ0n) is 15.3. The fourth-order valence-corrected chi connectivity index (χ4v) is 5.60. The van der Waals surface area contributed by atoms with Gasteiger partial charge in [-0.2, -0.15) is 0 Å². The Morgan fingerprint density at radius 1 is 1.36 bits per heavy atom. The van der Waals surface area contributed by atoms with Crippen LogP contribution in [0.5, 0.6) is 0 Å². The summed E-state index contributed by atoms with van der Waals surface area (Å²) in [6.45, 7) is 4.44. The summed E-state index contributed by atoms with van der Waals surface area (Å²) < 4.78 is 6.31. The maximum absolute atomic E-state index is 10.9. The minimum absolute atomic E-state index is 0.0427. The van der Waals surface area contributed by atoms with Crippen LogP contribution >= 0.6 is 0 Å². The molecule has 142 valence electrons. The molecule has 0 amide bonds. The van der Waals surface area contributed by atoms with Crippen LogP contribution in [0.1, 0.15) is 46.0 Å². The van der Waals surface area contributed by atoms with Crippen LogP contribution in [0.3, 0.4) is 0 Å². The van der Waals surface area contributed by atoms with Gasteiger partial charge < -0.3 is 25.2 Å². The second kappa shape index (κ2) is 6.78. The van der Waals surface area contributed by atoms with E-state index < -0.39 is 17.3 Å². The molecule has 1 heterocycles. The minimum atomic E-state index is -0.973. The predicted octanol–water partition coefficient (Wildman–Crippen LogP) is 1.55. The molecule has 1 saturated heterocycles. The predicted molar refractivity (Wildman–Crippen MR) is 94.9 cm³/mol. The van der Waals surface area contributed by atoms with Gasteiger partial charge in [-0.3, -0.25) is 0 Å². The van der Waals surface area contributed by atoms with Crippen molar-refractivity contribution in [3.05, 3.63) is 23.8 Å². The topological polar surface area (TPSA) is 90.2 Å². The van der Waals surface area contributed by atoms with Gasteiger partial charge >= 0.3 is 0 Å². The van der Waals surface area contributed by atoms with E-state index in [-0.39, 0.29) is 24.5 Å². The summed E-state index contributed by atoms with van der Waals surface area (Å²) in [5.41, 5.74) is -0.893. The van der Waals surface area contributed by atoms with Crippen LogP contribution in [0.4, 0.5) is 0 Å². The normalized spacial score (nSPS) is 46.8. The third kappa shape index (κ3) is 3.10. The van der Waals surface area contributed by atoms with Crippen molar-refractivity contribution in [2.24, 2.45) is 17.3 Å². The summed E-state index contributed by atoms with van der Waals surface area (Å²) in [5.74, 6) is 0.451. The van der Waals surface area contributed by atoms with Gasteiger partial charge in [0.05, 0.1) is 31.5 Å². The standard InChI is InChI=1S/C20H32O5/c1-14-10-17(23)20-12-18(2,24)7-3-4-16(20)19(14,13-25-20)8-5-15(11-22)6-9-21/h3,6-7,14,16-17,21-24H,4-5,8-13H2,1-2H3/b15-6-/t14-,16-,17+,18+,19-,20-/m1/s1. The Morgan fingerprint density at radius 2 is 2.12 bits per heavy atom. The first-order valence-electron chi connectivity index (χ1n) is 9.41. The molecule has 0 unspecified atom stereocenters. The highest BCUT2D eigenvalue weighted by molar-refractivity contribution is 5.21. The highest BCUT2D eigenvalue weighted by Crippen LogP contribution is 2.63. The first-order valence-corrected chi connectivity index (χ1v) is 9.41. The summed E-state index contributed by atoms with van der Waals surface area (Å²) in [6, 6.07) is 0. The number of hydrogen-bond donors (Lipinski definition) is 4. The summed E-state index contributed by atoms with van der Waals surface area (Å²) in [7, 11) is 0. The number of hydrogen-bond acceptors (Lipinski definition) is 5. The highest BCUT2D eigenvalue weighted by atomic mass is 16.5. The second-order valence-electron chi connectivity index (χ2n) is 8.56. The van der Waals surface area contributed by atoms with Gasteiger partial charge in [0, 0.05) is 17.8 Å². The Balaban J connectivity index is 1.91. The molecule has 1 aliphatic heterocycles. The van der Waals surface area contributed by atoms with Crippen molar-refractivity contribution < 1.29 is 25.2 Å². The third-order valence-corrected chi connectivity index (χ3v) is 6.99. The number of allylic oxidation sites excluding steroid dienone is 1. The molecule has 2 fully saturated rings. The Bertz CT molecular complexity index is 554. The Hall–Kier alpha value is -0.720. The van der Waals surface area contributed by atoms with Crippen LogP contribution in [0.2, 0.25) is 0 Å². The van der Waals surface area contributed by atoms with Crippen molar-refractivity contribution in [2.75, 3.05) is 19.8 Å². The van der Waals surface area contributed by atoms with E-state index in [0.29, 0.717) is 31.8 Å². The van der Waals surface area contributed by atoms with Crippen LogP contribution in [-0.4, -0.2) is 57.6 Å². The first-order chi connectivity index (χ1) is 11.8. The molecule has 5 nitrogen and oxygen atoms in total. The fraction of sp³-hybridized carbons (Fsp3) is 0.800. The van der Waals surface area contributed by atoms with Gasteiger partial charge in [-0.15, -0.1) is 0 Å². The molecule has 0 radical (unpaired) electrons. The fourth-order valence-electron chi connectivity index (χ4n) is 5.60. The van der Waals surface area contributed by atoms with Gasteiger partial charge in [0.2, 0.25) is 0 Å². The van der Waals surface area contributed by atoms with Gasteiger partial charge in [0.15, 0.2) is 0 Å². The highest BCUT2D eigenvalue weighted by Gasteiger charge is 2.67. The molecule has 0 spiro atoms. The molecule has 2 bridgehead atoms. The van der Waals surface area contributed by atoms with Gasteiger partial charge in [0.1, 0.15) is 5.60 Å². The molecule has 0 aromatic carbocycles. The van der Waals surface area contributed by atoms with E-state index in [2.05, 4.69) is 6.92 Å². The van der Waals surface area contributed by atoms with Gasteiger partial charge in [-0.05, 0) is 44.1 Å². The van der Waals surface area contributed by atoms with Crippen molar-refractivity contribution >= 4 is 0 Å². The zero-order chi connectivity index (χ0) is 18.3. The van der Waals surface area contributed by atoms with Gasteiger partial charge in [0.25, 0.3) is 0 Å². The van der Waals surface area contributed by atoms with Crippen molar-refractivity contribution in [1.29, 1.82) is 0 Å². The second-order valence-corrected chi connectivity index (χ2v) is 8.56. The van der Waals surface area contributed by atoms with Crippen LogP contribution in [0.15, 0.2) is 23.8 Å². The van der Waals surface area contributed by atoms with E-state index >= 15 is 0 Å². The average Bonchev–Trinajstić information content (AvgIpc) is 2.71. The lowest BCUT2D eigenvalue weighted by molar-refractivity contribution is -0.157. The zero-order valence-corrected chi connectivity index (χ0v) is 15.3. The number of rotatable bonds is 5. The Labute approximate surface area is 150 Å². The van der Waals surface area contributed by atoms with Crippen molar-refractivity contribution in [3.8, 4) is 0 Å². The maximum Gasteiger partial charge on any atom is 0.101 e. The van der Waals surface area contributed by atoms with E-state index in [9.17, 15) is 15.3 Å². The van der Waals surface area contributed by atoms with E-state index in [1.165, 1.54) is 0 Å². The van der Waals surface area contributed by atoms with Crippen molar-refractivity contribution in [1.82, 2.24) is 0 Å². The van der Waals surface area contributed by atoms with E-state index in [4.69, 9.17) is 9.84 Å². The maximum atomic E-state index is 10.9. The quantitative estimate of drug-likeness (QED) is 0.564. The molecule has 5 heteroatoms. The molecular weight excluding hydrogens is 320 g/mol. The van der Waals surface area contributed by atoms with E-state index in [1.807, 2.05) is 12.2 Å². The minimum Gasteiger partial charge on any atom is -0.392 e. The average molecular weight is 352 g/mol. The molecule has 1 saturated carbocycles. The lowest BCUT2D eigenvalue weighted by Crippen LogP contribution is -2.58. The molecule has 4 N–H and O–H groups in total. The molecule has 0 aromatic heterocycles. The van der Waals surface area contributed by atoms with E-state index in [0.717, 1.165) is 18.4 Å². The summed E-state index contributed by atoms with van der Waals surface area (Å²) >= 11 is 0. The third-order valence-electron chi connectivity index (χ3n) is 6.99. The monoisotopic (exact) mass is 352 g/mol. The van der Waals surface area contributed by atoms with Crippen LogP contribution in [0.25, 0.3) is 0 Å². The Morgan fingerprint density at radius 3 is 2.80 bits per heavy atom. The molecule has 2 aliphatic carbocycles. The smallest absolute Gasteiger partial charge is 0.101 e. The summed E-state index contributed by atoms with van der Waals surface area (Å²) in [5, 5.41) is 40.2. The largest absolute Gasteiger partial charge is 0.392 e. The molecule has 3 aliphatic rings. The first kappa shape index (κ1) is 19.1. The molecule has 25 heavy (non-hydrogen) atoms. The lowest BCUT2D eigenvalue weighted by Gasteiger charge is -2.52. The SMILES string of the molecule is C[C@@H]1C[C@H](O)[C@@]23C[C@@](C)(O)C=CC[C@@H]2[C@]1(CC/C(=C/CO)CO)CO3. The number of aliphatic hydroxyl groups excluding tert-OH is 3. The van der Waals surface area contributed by atoms with Gasteiger partial charge in [-0.1, -0.05) is 25.2 Å². The molecular formula is C20H32O5. The molecule has 3 rings (SSSR count). The molecule has 6 atom stereocenters. The summed E-state index contributed by atoms with van der Waals surface area (Å²) in [4.78, 5) is 0. The van der Waals surface area contributed by atoms with Crippen LogP contribution < -0.4 is 0 Å². The van der Waals surface area contributed by atoms with Gasteiger partial charge in [-0.25, -0.2) is 0 Å². The van der Waals surface area contributed by atoms with Crippen molar-refractivity contribution in [2.45, 2.75) is 63.3 Å². The molecule has 0 aromatic rings. The Kier molecular flexibility index (Phi) is 5.17.